The van der Waals surface area contributed by atoms with Crippen molar-refractivity contribution in [2.24, 2.45) is 11.7 Å². The molecule has 1 amide bonds. The second-order valence-electron chi connectivity index (χ2n) is 6.74. The average Bonchev–Trinajstić information content (AvgIpc) is 3.44. The molecule has 1 fully saturated rings. The lowest BCUT2D eigenvalue weighted by Gasteiger charge is -2.18. The maximum Gasteiger partial charge on any atom is 0.251 e. The number of aryl methyl sites for hydroxylation is 2. The second kappa shape index (κ2) is 10.5. The Morgan fingerprint density at radius 1 is 1.30 bits per heavy atom. The molecule has 148 valence electrons. The van der Waals surface area contributed by atoms with Crippen LogP contribution in [0.3, 0.4) is 0 Å². The number of amides is 1. The van der Waals surface area contributed by atoms with Gasteiger partial charge in [0.05, 0.1) is 0 Å². The Balaban J connectivity index is 0.00000182. The third-order valence-electron chi connectivity index (χ3n) is 4.59. The van der Waals surface area contributed by atoms with Gasteiger partial charge in [-0.05, 0) is 61.9 Å². The van der Waals surface area contributed by atoms with Crippen molar-refractivity contribution < 1.29 is 9.53 Å². The van der Waals surface area contributed by atoms with E-state index in [4.69, 9.17) is 10.5 Å². The van der Waals surface area contributed by atoms with Gasteiger partial charge in [-0.2, -0.15) is 0 Å². The Kier molecular flexibility index (Phi) is 9.03. The number of carbonyl (C=O) groups excluding carboxylic acids is 1. The maximum atomic E-state index is 12.5. The SMILES string of the molecule is Cc1cc(C(=O)NC(CN)C2CC2)cc(C)c1OCc1cccnc1.Cl.Cl. The van der Waals surface area contributed by atoms with E-state index < -0.39 is 0 Å². The van der Waals surface area contributed by atoms with Gasteiger partial charge in [0.25, 0.3) is 5.91 Å². The molecule has 1 atom stereocenters. The van der Waals surface area contributed by atoms with Crippen molar-refractivity contribution in [2.45, 2.75) is 39.3 Å². The number of nitrogens with zero attached hydrogens (tertiary/aromatic N) is 1. The zero-order chi connectivity index (χ0) is 17.8. The van der Waals surface area contributed by atoms with Crippen LogP contribution >= 0.6 is 24.8 Å². The van der Waals surface area contributed by atoms with Crippen molar-refractivity contribution in [1.29, 1.82) is 0 Å². The van der Waals surface area contributed by atoms with Crippen molar-refractivity contribution >= 4 is 30.7 Å². The summed E-state index contributed by atoms with van der Waals surface area (Å²) in [5, 5.41) is 3.06. The summed E-state index contributed by atoms with van der Waals surface area (Å²) < 4.78 is 5.95. The molecule has 1 aliphatic carbocycles. The highest BCUT2D eigenvalue weighted by Gasteiger charge is 2.31. The van der Waals surface area contributed by atoms with Crippen LogP contribution in [0.5, 0.6) is 5.75 Å². The Morgan fingerprint density at radius 3 is 2.48 bits per heavy atom. The number of rotatable bonds is 7. The third kappa shape index (κ3) is 6.09. The summed E-state index contributed by atoms with van der Waals surface area (Å²) in [7, 11) is 0. The lowest BCUT2D eigenvalue weighted by atomic mass is 10.0. The molecular formula is C20H27Cl2N3O2. The Bertz CT molecular complexity index is 729. The van der Waals surface area contributed by atoms with Gasteiger partial charge in [-0.1, -0.05) is 6.07 Å². The monoisotopic (exact) mass is 411 g/mol. The molecule has 5 nitrogen and oxygen atoms in total. The van der Waals surface area contributed by atoms with Gasteiger partial charge >= 0.3 is 0 Å². The molecule has 3 N–H and O–H groups in total. The van der Waals surface area contributed by atoms with Gasteiger partial charge in [0.2, 0.25) is 0 Å². The topological polar surface area (TPSA) is 77.2 Å². The van der Waals surface area contributed by atoms with E-state index in [2.05, 4.69) is 10.3 Å². The minimum Gasteiger partial charge on any atom is -0.488 e. The van der Waals surface area contributed by atoms with Crippen molar-refractivity contribution in [3.63, 3.8) is 0 Å². The van der Waals surface area contributed by atoms with E-state index in [0.717, 1.165) is 35.3 Å². The third-order valence-corrected chi connectivity index (χ3v) is 4.59. The minimum absolute atomic E-state index is 0. The highest BCUT2D eigenvalue weighted by Crippen LogP contribution is 2.32. The van der Waals surface area contributed by atoms with Gasteiger partial charge in [-0.15, -0.1) is 24.8 Å². The van der Waals surface area contributed by atoms with Crippen LogP contribution < -0.4 is 15.8 Å². The number of carbonyl (C=O) groups is 1. The Morgan fingerprint density at radius 2 is 1.96 bits per heavy atom. The summed E-state index contributed by atoms with van der Waals surface area (Å²) in [5.74, 6) is 1.29. The fraction of sp³-hybridized carbons (Fsp3) is 0.400. The first kappa shape index (κ1) is 23.2. The van der Waals surface area contributed by atoms with Gasteiger partial charge in [-0.3, -0.25) is 9.78 Å². The zero-order valence-corrected chi connectivity index (χ0v) is 17.2. The first-order chi connectivity index (χ1) is 12.1. The van der Waals surface area contributed by atoms with Gasteiger partial charge in [0, 0.05) is 36.1 Å². The van der Waals surface area contributed by atoms with Crippen LogP contribution in [0.2, 0.25) is 0 Å². The first-order valence-corrected chi connectivity index (χ1v) is 8.72. The molecule has 1 heterocycles. The van der Waals surface area contributed by atoms with E-state index in [0.29, 0.717) is 24.6 Å². The van der Waals surface area contributed by atoms with Gasteiger partial charge in [0.15, 0.2) is 0 Å². The molecule has 1 aromatic heterocycles. The quantitative estimate of drug-likeness (QED) is 0.729. The summed E-state index contributed by atoms with van der Waals surface area (Å²) in [6, 6.07) is 7.70. The largest absolute Gasteiger partial charge is 0.488 e. The molecule has 1 aromatic carbocycles. The molecule has 0 aliphatic heterocycles. The molecular weight excluding hydrogens is 385 g/mol. The van der Waals surface area contributed by atoms with Crippen LogP contribution in [0.25, 0.3) is 0 Å². The number of ether oxygens (including phenoxy) is 1. The smallest absolute Gasteiger partial charge is 0.251 e. The molecule has 0 spiro atoms. The van der Waals surface area contributed by atoms with Crippen LogP contribution in [-0.2, 0) is 6.61 Å². The second-order valence-corrected chi connectivity index (χ2v) is 6.74. The lowest BCUT2D eigenvalue weighted by Crippen LogP contribution is -2.41. The van der Waals surface area contributed by atoms with Crippen molar-refractivity contribution in [3.05, 3.63) is 58.9 Å². The molecule has 1 aliphatic rings. The number of nitrogens with two attached hydrogens (primary N) is 1. The molecule has 1 unspecified atom stereocenters. The number of halogens is 2. The summed E-state index contributed by atoms with van der Waals surface area (Å²) >= 11 is 0. The Labute approximate surface area is 172 Å². The maximum absolute atomic E-state index is 12.5. The van der Waals surface area contributed by atoms with E-state index in [9.17, 15) is 4.79 Å². The van der Waals surface area contributed by atoms with Gasteiger partial charge in [0.1, 0.15) is 12.4 Å². The first-order valence-electron chi connectivity index (χ1n) is 8.72. The fourth-order valence-corrected chi connectivity index (χ4v) is 3.07. The highest BCUT2D eigenvalue weighted by molar-refractivity contribution is 5.95. The molecule has 2 aromatic rings. The summed E-state index contributed by atoms with van der Waals surface area (Å²) in [5.41, 5.74) is 9.34. The molecule has 1 saturated carbocycles. The predicted molar refractivity (Wildman–Crippen MR) is 112 cm³/mol. The highest BCUT2D eigenvalue weighted by atomic mass is 35.5. The molecule has 0 bridgehead atoms. The van der Waals surface area contributed by atoms with Crippen LogP contribution in [0, 0.1) is 19.8 Å². The van der Waals surface area contributed by atoms with E-state index in [-0.39, 0.29) is 36.8 Å². The normalized spacial score (nSPS) is 13.7. The number of aromatic nitrogens is 1. The Hall–Kier alpha value is -1.82. The summed E-state index contributed by atoms with van der Waals surface area (Å²) in [6.45, 7) is 4.87. The molecule has 3 rings (SSSR count). The van der Waals surface area contributed by atoms with E-state index in [1.165, 1.54) is 0 Å². The van der Waals surface area contributed by atoms with Crippen LogP contribution in [0.4, 0.5) is 0 Å². The number of pyridine rings is 1. The molecule has 0 saturated heterocycles. The predicted octanol–water partition coefficient (Wildman–Crippen LogP) is 3.59. The van der Waals surface area contributed by atoms with E-state index >= 15 is 0 Å². The number of hydrogen-bond donors (Lipinski definition) is 2. The van der Waals surface area contributed by atoms with Crippen LogP contribution in [-0.4, -0.2) is 23.5 Å². The van der Waals surface area contributed by atoms with Gasteiger partial charge in [-0.25, -0.2) is 0 Å². The average molecular weight is 412 g/mol. The molecule has 7 heteroatoms. The van der Waals surface area contributed by atoms with Gasteiger partial charge < -0.3 is 15.8 Å². The van der Waals surface area contributed by atoms with Crippen molar-refractivity contribution in [3.8, 4) is 5.75 Å². The molecule has 0 radical (unpaired) electrons. The number of hydrogen-bond acceptors (Lipinski definition) is 4. The van der Waals surface area contributed by atoms with Crippen molar-refractivity contribution in [2.75, 3.05) is 6.54 Å². The minimum atomic E-state index is -0.0626. The molecule has 27 heavy (non-hydrogen) atoms. The van der Waals surface area contributed by atoms with E-state index in [1.54, 1.807) is 12.4 Å². The lowest BCUT2D eigenvalue weighted by molar-refractivity contribution is 0.0933. The zero-order valence-electron chi connectivity index (χ0n) is 15.6. The summed E-state index contributed by atoms with van der Waals surface area (Å²) in [4.78, 5) is 16.6. The standard InChI is InChI=1S/C20H25N3O2.2ClH/c1-13-8-17(20(24)23-18(10-21)16-5-6-16)9-14(2)19(13)25-12-15-4-3-7-22-11-15;;/h3-4,7-9,11,16,18H,5-6,10,12,21H2,1-2H3,(H,23,24);2*1H. The number of nitrogens with one attached hydrogen (secondary N) is 1. The number of benzene rings is 1. The van der Waals surface area contributed by atoms with Crippen LogP contribution in [0.1, 0.15) is 39.9 Å². The van der Waals surface area contributed by atoms with Crippen LogP contribution in [0.15, 0.2) is 36.7 Å². The summed E-state index contributed by atoms with van der Waals surface area (Å²) in [6.07, 6.45) is 5.84. The fourth-order valence-electron chi connectivity index (χ4n) is 3.07. The van der Waals surface area contributed by atoms with Crippen molar-refractivity contribution in [1.82, 2.24) is 10.3 Å². The van der Waals surface area contributed by atoms with E-state index in [1.807, 2.05) is 38.1 Å².